The van der Waals surface area contributed by atoms with E-state index in [1.165, 1.54) is 0 Å². The van der Waals surface area contributed by atoms with Gasteiger partial charge in [0.25, 0.3) is 0 Å². The number of fused-ring (bicyclic) bond motifs is 3. The molecule has 0 unspecified atom stereocenters. The Morgan fingerprint density at radius 1 is 1.47 bits per heavy atom. The van der Waals surface area contributed by atoms with Crippen LogP contribution >= 0.6 is 0 Å². The maximum absolute atomic E-state index is 9.00. The average Bonchev–Trinajstić information content (AvgIpc) is 2.66. The van der Waals surface area contributed by atoms with Crippen LogP contribution in [0.15, 0.2) is 18.2 Å². The summed E-state index contributed by atoms with van der Waals surface area (Å²) in [5.41, 5.74) is 4.49. The van der Waals surface area contributed by atoms with Crippen LogP contribution in [0, 0.1) is 18.3 Å². The molecule has 4 nitrogen and oxygen atoms in total. The zero-order chi connectivity index (χ0) is 11.8. The van der Waals surface area contributed by atoms with Gasteiger partial charge in [-0.1, -0.05) is 11.6 Å². The van der Waals surface area contributed by atoms with Crippen LogP contribution in [-0.4, -0.2) is 16.8 Å². The van der Waals surface area contributed by atoms with Gasteiger partial charge in [-0.05, 0) is 19.1 Å². The van der Waals surface area contributed by atoms with Crippen molar-refractivity contribution in [3.8, 4) is 23.1 Å². The molecule has 0 amide bonds. The molecule has 0 saturated carbocycles. The van der Waals surface area contributed by atoms with E-state index < -0.39 is 0 Å². The fourth-order valence-electron chi connectivity index (χ4n) is 2.15. The number of hydrogen-bond donors (Lipinski definition) is 1. The lowest BCUT2D eigenvalue weighted by Gasteiger charge is -2.07. The van der Waals surface area contributed by atoms with Gasteiger partial charge < -0.3 is 4.74 Å². The van der Waals surface area contributed by atoms with Crippen molar-refractivity contribution < 1.29 is 4.74 Å². The van der Waals surface area contributed by atoms with Crippen LogP contribution in [0.25, 0.3) is 11.3 Å². The van der Waals surface area contributed by atoms with Gasteiger partial charge in [0, 0.05) is 17.5 Å². The van der Waals surface area contributed by atoms with E-state index in [0.717, 1.165) is 28.1 Å². The van der Waals surface area contributed by atoms with E-state index in [1.807, 2.05) is 19.1 Å². The first kappa shape index (κ1) is 9.91. The smallest absolute Gasteiger partial charge is 0.166 e. The minimum atomic E-state index is 0.470. The molecule has 2 heterocycles. The molecule has 1 aliphatic rings. The standard InChI is InChI=1S/C13H11N3O/c1-8-2-3-12-10(6-8)13-9(4-5-17-12)11(7-14)15-16-13/h2-3,6H,4-5H2,1H3,(H,15,16). The van der Waals surface area contributed by atoms with Gasteiger partial charge in [-0.2, -0.15) is 10.4 Å². The number of ether oxygens (including phenoxy) is 1. The van der Waals surface area contributed by atoms with E-state index in [1.54, 1.807) is 0 Å². The topological polar surface area (TPSA) is 61.7 Å². The quantitative estimate of drug-likeness (QED) is 0.747. The minimum Gasteiger partial charge on any atom is -0.493 e. The van der Waals surface area contributed by atoms with Gasteiger partial charge in [0.15, 0.2) is 5.69 Å². The van der Waals surface area contributed by atoms with E-state index in [-0.39, 0.29) is 0 Å². The second-order valence-corrected chi connectivity index (χ2v) is 4.14. The second-order valence-electron chi connectivity index (χ2n) is 4.14. The van der Waals surface area contributed by atoms with Crippen LogP contribution in [0.5, 0.6) is 5.75 Å². The zero-order valence-electron chi connectivity index (χ0n) is 9.45. The molecule has 0 radical (unpaired) electrons. The Morgan fingerprint density at radius 3 is 3.18 bits per heavy atom. The predicted molar refractivity (Wildman–Crippen MR) is 62.7 cm³/mol. The van der Waals surface area contributed by atoms with Crippen molar-refractivity contribution in [2.24, 2.45) is 0 Å². The van der Waals surface area contributed by atoms with Gasteiger partial charge >= 0.3 is 0 Å². The van der Waals surface area contributed by atoms with Crippen molar-refractivity contribution in [3.05, 3.63) is 35.0 Å². The molecule has 0 saturated heterocycles. The summed E-state index contributed by atoms with van der Waals surface area (Å²) in [6, 6.07) is 8.15. The van der Waals surface area contributed by atoms with Gasteiger partial charge in [-0.15, -0.1) is 0 Å². The summed E-state index contributed by atoms with van der Waals surface area (Å²) in [7, 11) is 0. The molecule has 1 N–H and O–H groups in total. The van der Waals surface area contributed by atoms with E-state index >= 15 is 0 Å². The highest BCUT2D eigenvalue weighted by Crippen LogP contribution is 2.35. The highest BCUT2D eigenvalue weighted by Gasteiger charge is 2.20. The summed E-state index contributed by atoms with van der Waals surface area (Å²) in [6.45, 7) is 2.61. The Balaban J connectivity index is 2.27. The Morgan fingerprint density at radius 2 is 2.35 bits per heavy atom. The summed E-state index contributed by atoms with van der Waals surface area (Å²) < 4.78 is 5.69. The summed E-state index contributed by atoms with van der Waals surface area (Å²) >= 11 is 0. The Hall–Kier alpha value is -2.28. The molecule has 17 heavy (non-hydrogen) atoms. The van der Waals surface area contributed by atoms with Crippen LogP contribution < -0.4 is 4.74 Å². The molecule has 1 aromatic carbocycles. The maximum Gasteiger partial charge on any atom is 0.166 e. The Kier molecular flexibility index (Phi) is 2.12. The van der Waals surface area contributed by atoms with Crippen LogP contribution in [0.1, 0.15) is 16.8 Å². The summed E-state index contributed by atoms with van der Waals surface area (Å²) in [5, 5.41) is 16.0. The number of hydrogen-bond acceptors (Lipinski definition) is 3. The van der Waals surface area contributed by atoms with Crippen LogP contribution in [0.3, 0.4) is 0 Å². The van der Waals surface area contributed by atoms with E-state index in [2.05, 4.69) is 22.3 Å². The molecule has 2 aromatic rings. The number of nitriles is 1. The maximum atomic E-state index is 9.00. The lowest BCUT2D eigenvalue weighted by molar-refractivity contribution is 0.326. The number of H-pyrrole nitrogens is 1. The lowest BCUT2D eigenvalue weighted by Crippen LogP contribution is -1.99. The van der Waals surface area contributed by atoms with Crippen molar-refractivity contribution >= 4 is 0 Å². The molecular weight excluding hydrogens is 214 g/mol. The minimum absolute atomic E-state index is 0.470. The largest absolute Gasteiger partial charge is 0.493 e. The second kappa shape index (κ2) is 3.63. The molecule has 0 spiro atoms. The van der Waals surface area contributed by atoms with Crippen LogP contribution in [0.4, 0.5) is 0 Å². The van der Waals surface area contributed by atoms with Crippen molar-refractivity contribution in [1.29, 1.82) is 5.26 Å². The number of aryl methyl sites for hydroxylation is 1. The third kappa shape index (κ3) is 1.48. The average molecular weight is 225 g/mol. The molecule has 1 aromatic heterocycles. The summed E-state index contributed by atoms with van der Waals surface area (Å²) in [5.74, 6) is 0.850. The van der Waals surface area contributed by atoms with E-state index in [4.69, 9.17) is 10.00 Å². The molecule has 0 atom stereocenters. The molecule has 3 rings (SSSR count). The third-order valence-corrected chi connectivity index (χ3v) is 2.99. The third-order valence-electron chi connectivity index (χ3n) is 2.99. The normalized spacial score (nSPS) is 12.9. The summed E-state index contributed by atoms with van der Waals surface area (Å²) in [6.07, 6.45) is 0.711. The Labute approximate surface area is 98.8 Å². The molecule has 1 aliphatic heterocycles. The first-order valence-corrected chi connectivity index (χ1v) is 5.51. The molecule has 0 aliphatic carbocycles. The summed E-state index contributed by atoms with van der Waals surface area (Å²) in [4.78, 5) is 0. The van der Waals surface area contributed by atoms with Crippen molar-refractivity contribution in [2.75, 3.05) is 6.61 Å². The number of rotatable bonds is 0. The fourth-order valence-corrected chi connectivity index (χ4v) is 2.15. The fraction of sp³-hybridized carbons (Fsp3) is 0.231. The van der Waals surface area contributed by atoms with E-state index in [0.29, 0.717) is 18.7 Å². The van der Waals surface area contributed by atoms with Crippen LogP contribution in [-0.2, 0) is 6.42 Å². The number of benzene rings is 1. The van der Waals surface area contributed by atoms with Crippen LogP contribution in [0.2, 0.25) is 0 Å². The number of aromatic amines is 1. The SMILES string of the molecule is Cc1ccc2c(c1)-c1[nH]nc(C#N)c1CCO2. The van der Waals surface area contributed by atoms with Gasteiger partial charge in [0.1, 0.15) is 11.8 Å². The molecule has 0 bridgehead atoms. The first-order chi connectivity index (χ1) is 8.29. The highest BCUT2D eigenvalue weighted by atomic mass is 16.5. The molecule has 4 heteroatoms. The predicted octanol–water partition coefficient (Wildman–Crippen LogP) is 2.19. The number of aromatic nitrogens is 2. The molecular formula is C13H11N3O. The number of nitrogens with one attached hydrogen (secondary N) is 1. The van der Waals surface area contributed by atoms with Gasteiger partial charge in [-0.3, -0.25) is 5.10 Å². The van der Waals surface area contributed by atoms with Crippen molar-refractivity contribution in [2.45, 2.75) is 13.3 Å². The van der Waals surface area contributed by atoms with Crippen molar-refractivity contribution in [1.82, 2.24) is 10.2 Å². The van der Waals surface area contributed by atoms with E-state index in [9.17, 15) is 0 Å². The molecule has 0 fully saturated rings. The monoisotopic (exact) mass is 225 g/mol. The Bertz CT molecular complexity index is 622. The van der Waals surface area contributed by atoms with Gasteiger partial charge in [0.05, 0.1) is 12.3 Å². The number of nitrogens with zero attached hydrogens (tertiary/aromatic N) is 2. The highest BCUT2D eigenvalue weighted by molar-refractivity contribution is 5.73. The zero-order valence-corrected chi connectivity index (χ0v) is 9.45. The first-order valence-electron chi connectivity index (χ1n) is 5.51. The lowest BCUT2D eigenvalue weighted by atomic mass is 10.0. The van der Waals surface area contributed by atoms with Gasteiger partial charge in [-0.25, -0.2) is 0 Å². The molecule has 84 valence electrons. The van der Waals surface area contributed by atoms with Crippen molar-refractivity contribution in [3.63, 3.8) is 0 Å². The van der Waals surface area contributed by atoms with Gasteiger partial charge in [0.2, 0.25) is 0 Å².